The van der Waals surface area contributed by atoms with Gasteiger partial charge in [0.15, 0.2) is 0 Å². The van der Waals surface area contributed by atoms with E-state index in [2.05, 4.69) is 9.98 Å². The van der Waals surface area contributed by atoms with Crippen molar-refractivity contribution in [1.29, 1.82) is 0 Å². The summed E-state index contributed by atoms with van der Waals surface area (Å²) in [6.45, 7) is 0. The van der Waals surface area contributed by atoms with E-state index in [-0.39, 0.29) is 0 Å². The van der Waals surface area contributed by atoms with Crippen LogP contribution in [0, 0.1) is 0 Å². The quantitative estimate of drug-likeness (QED) is 0.874. The van der Waals surface area contributed by atoms with Crippen molar-refractivity contribution in [3.63, 3.8) is 0 Å². The van der Waals surface area contributed by atoms with Gasteiger partial charge >= 0.3 is 0 Å². The maximum Gasteiger partial charge on any atom is 0.218 e. The monoisotopic (exact) mass is 239 g/mol. The predicted octanol–water partition coefficient (Wildman–Crippen LogP) is 2.30. The van der Waals surface area contributed by atoms with Crippen molar-refractivity contribution in [3.8, 4) is 17.0 Å². The number of nitrogens with zero attached hydrogens (tertiary/aromatic N) is 2. The highest BCUT2D eigenvalue weighted by atomic mass is 16.5. The molecule has 3 rings (SSSR count). The van der Waals surface area contributed by atoms with Crippen LogP contribution in [0.4, 0.5) is 5.69 Å². The second-order valence-corrected chi connectivity index (χ2v) is 4.15. The first-order valence-corrected chi connectivity index (χ1v) is 5.74. The van der Waals surface area contributed by atoms with E-state index in [1.165, 1.54) is 0 Å². The summed E-state index contributed by atoms with van der Waals surface area (Å²) >= 11 is 0. The third-order valence-electron chi connectivity index (χ3n) is 3.00. The van der Waals surface area contributed by atoms with Crippen LogP contribution >= 0.6 is 0 Å². The molecule has 2 heterocycles. The lowest BCUT2D eigenvalue weighted by Gasteiger charge is -2.09. The molecule has 0 bridgehead atoms. The number of hydrogen-bond acceptors (Lipinski definition) is 4. The van der Waals surface area contributed by atoms with E-state index in [0.29, 0.717) is 18.1 Å². The smallest absolute Gasteiger partial charge is 0.218 e. The van der Waals surface area contributed by atoms with Gasteiger partial charge in [0.25, 0.3) is 0 Å². The van der Waals surface area contributed by atoms with Gasteiger partial charge in [-0.25, -0.2) is 9.98 Å². The molecular weight excluding hydrogens is 226 g/mol. The van der Waals surface area contributed by atoms with Gasteiger partial charge in [-0.2, -0.15) is 0 Å². The van der Waals surface area contributed by atoms with Gasteiger partial charge in [-0.15, -0.1) is 0 Å². The number of aromatic nitrogens is 1. The van der Waals surface area contributed by atoms with Gasteiger partial charge in [0.1, 0.15) is 5.84 Å². The zero-order chi connectivity index (χ0) is 12.5. The minimum absolute atomic E-state index is 0.603. The average Bonchev–Trinajstić information content (AvgIpc) is 2.80. The molecule has 1 aromatic heterocycles. The Morgan fingerprint density at radius 1 is 1.22 bits per heavy atom. The summed E-state index contributed by atoms with van der Waals surface area (Å²) < 4.78 is 5.26. The van der Waals surface area contributed by atoms with Crippen LogP contribution in [-0.4, -0.2) is 17.9 Å². The summed E-state index contributed by atoms with van der Waals surface area (Å²) in [5, 5.41) is 0. The van der Waals surface area contributed by atoms with E-state index in [4.69, 9.17) is 10.5 Å². The highest BCUT2D eigenvalue weighted by Crippen LogP contribution is 2.40. The molecule has 1 aromatic carbocycles. The van der Waals surface area contributed by atoms with Crippen LogP contribution in [0.2, 0.25) is 0 Å². The van der Waals surface area contributed by atoms with E-state index < -0.39 is 0 Å². The minimum Gasteiger partial charge on any atom is -0.481 e. The van der Waals surface area contributed by atoms with Crippen molar-refractivity contribution in [1.82, 2.24) is 4.98 Å². The van der Waals surface area contributed by atoms with Crippen LogP contribution in [0.15, 0.2) is 41.5 Å². The zero-order valence-electron chi connectivity index (χ0n) is 10.1. The summed E-state index contributed by atoms with van der Waals surface area (Å²) in [6.07, 6.45) is 2.39. The van der Waals surface area contributed by atoms with Gasteiger partial charge in [-0.1, -0.05) is 30.3 Å². The van der Waals surface area contributed by atoms with Crippen molar-refractivity contribution < 1.29 is 4.74 Å². The molecule has 0 aliphatic carbocycles. The van der Waals surface area contributed by atoms with Gasteiger partial charge < -0.3 is 10.5 Å². The highest BCUT2D eigenvalue weighted by molar-refractivity contribution is 5.96. The second-order valence-electron chi connectivity index (χ2n) is 4.15. The molecule has 0 amide bonds. The predicted molar refractivity (Wildman–Crippen MR) is 71.2 cm³/mol. The molecular formula is C14H13N3O. The van der Waals surface area contributed by atoms with Crippen LogP contribution in [0.3, 0.4) is 0 Å². The fourth-order valence-electron chi connectivity index (χ4n) is 2.18. The zero-order valence-corrected chi connectivity index (χ0v) is 10.1. The first-order valence-electron chi connectivity index (χ1n) is 5.74. The fraction of sp³-hybridized carbons (Fsp3) is 0.143. The number of pyridine rings is 1. The molecule has 2 aromatic rings. The number of methoxy groups -OCH3 is 1. The minimum atomic E-state index is 0.603. The molecule has 2 N–H and O–H groups in total. The molecule has 90 valence electrons. The third-order valence-corrected chi connectivity index (χ3v) is 3.00. The number of benzene rings is 1. The summed E-state index contributed by atoms with van der Waals surface area (Å²) in [7, 11) is 1.61. The first kappa shape index (κ1) is 10.8. The maximum atomic E-state index is 5.82. The Kier molecular flexibility index (Phi) is 2.48. The summed E-state index contributed by atoms with van der Waals surface area (Å²) in [6, 6.07) is 10.0. The van der Waals surface area contributed by atoms with Crippen LogP contribution in [-0.2, 0) is 6.42 Å². The fourth-order valence-corrected chi connectivity index (χ4v) is 2.18. The molecule has 4 nitrogen and oxygen atoms in total. The molecule has 1 aliphatic heterocycles. The van der Waals surface area contributed by atoms with Crippen molar-refractivity contribution in [3.05, 3.63) is 42.1 Å². The Morgan fingerprint density at radius 2 is 2.00 bits per heavy atom. The number of fused-ring (bicyclic) bond motifs is 1. The molecule has 0 saturated carbocycles. The molecule has 0 fully saturated rings. The van der Waals surface area contributed by atoms with Crippen LogP contribution in [0.1, 0.15) is 5.56 Å². The van der Waals surface area contributed by atoms with E-state index in [1.54, 1.807) is 13.3 Å². The standard InChI is InChI=1S/C14H13N3O/c1-18-14-10-7-12(15)17-13(10)11(8-16-14)9-5-3-2-4-6-9/h2-6,8H,7H2,1H3,(H2,15,17). The van der Waals surface area contributed by atoms with E-state index in [1.807, 2.05) is 30.3 Å². The lowest BCUT2D eigenvalue weighted by Crippen LogP contribution is -2.10. The summed E-state index contributed by atoms with van der Waals surface area (Å²) in [5.74, 6) is 1.21. The Hall–Kier alpha value is -2.36. The average molecular weight is 239 g/mol. The number of rotatable bonds is 2. The normalized spacial score (nSPS) is 13.1. The van der Waals surface area contributed by atoms with Crippen molar-refractivity contribution in [2.75, 3.05) is 7.11 Å². The summed E-state index contributed by atoms with van der Waals surface area (Å²) in [4.78, 5) is 8.74. The highest BCUT2D eigenvalue weighted by Gasteiger charge is 2.22. The van der Waals surface area contributed by atoms with Crippen molar-refractivity contribution >= 4 is 11.5 Å². The topological polar surface area (TPSA) is 60.5 Å². The summed E-state index contributed by atoms with van der Waals surface area (Å²) in [5.41, 5.74) is 9.75. The van der Waals surface area contributed by atoms with Crippen LogP contribution in [0.5, 0.6) is 5.88 Å². The lowest BCUT2D eigenvalue weighted by molar-refractivity contribution is 0.394. The van der Waals surface area contributed by atoms with Gasteiger partial charge in [-0.3, -0.25) is 0 Å². The molecule has 0 radical (unpaired) electrons. The molecule has 0 saturated heterocycles. The van der Waals surface area contributed by atoms with Crippen molar-refractivity contribution in [2.24, 2.45) is 10.7 Å². The lowest BCUT2D eigenvalue weighted by atomic mass is 10.0. The SMILES string of the molecule is COc1ncc(-c2ccccc2)c2c1CC(N)=N2. The van der Waals surface area contributed by atoms with Crippen LogP contribution < -0.4 is 10.5 Å². The maximum absolute atomic E-state index is 5.82. The van der Waals surface area contributed by atoms with Gasteiger partial charge in [0.05, 0.1) is 12.8 Å². The number of nitrogens with two attached hydrogens (primary N) is 1. The number of aliphatic imine (C=N–C) groups is 1. The van der Waals surface area contributed by atoms with Crippen LogP contribution in [0.25, 0.3) is 11.1 Å². The molecule has 0 unspecified atom stereocenters. The number of hydrogen-bond donors (Lipinski definition) is 1. The molecule has 0 atom stereocenters. The van der Waals surface area contributed by atoms with Crippen molar-refractivity contribution in [2.45, 2.75) is 6.42 Å². The third kappa shape index (κ3) is 1.62. The van der Waals surface area contributed by atoms with E-state index in [9.17, 15) is 0 Å². The largest absolute Gasteiger partial charge is 0.481 e. The molecule has 4 heteroatoms. The van der Waals surface area contributed by atoms with Gasteiger partial charge in [0, 0.05) is 23.7 Å². The Morgan fingerprint density at radius 3 is 2.72 bits per heavy atom. The Labute approximate surface area is 105 Å². The van der Waals surface area contributed by atoms with Gasteiger partial charge in [-0.05, 0) is 5.56 Å². The Balaban J connectivity index is 2.21. The first-order chi connectivity index (χ1) is 8.79. The van der Waals surface area contributed by atoms with E-state index >= 15 is 0 Å². The molecule has 18 heavy (non-hydrogen) atoms. The number of amidine groups is 1. The van der Waals surface area contributed by atoms with E-state index in [0.717, 1.165) is 22.4 Å². The number of ether oxygens (including phenoxy) is 1. The second kappa shape index (κ2) is 4.14. The molecule has 0 spiro atoms. The molecule has 1 aliphatic rings. The Bertz CT molecular complexity index is 620. The van der Waals surface area contributed by atoms with Gasteiger partial charge in [0.2, 0.25) is 5.88 Å².